The Morgan fingerprint density at radius 2 is 1.30 bits per heavy atom. The monoisotopic (exact) mass is 284 g/mol. The highest BCUT2D eigenvalue weighted by Gasteiger charge is 2.19. The molecule has 4 N–H and O–H groups in total. The van der Waals surface area contributed by atoms with Crippen LogP contribution in [0.2, 0.25) is 0 Å². The molecule has 2 aliphatic heterocycles. The third-order valence-corrected chi connectivity index (χ3v) is 3.00. The maximum absolute atomic E-state index is 10.3. The van der Waals surface area contributed by atoms with Gasteiger partial charge in [0, 0.05) is 26.7 Å². The molecule has 0 saturated heterocycles. The third-order valence-electron chi connectivity index (χ3n) is 3.00. The Labute approximate surface area is 117 Å². The minimum atomic E-state index is -1.03. The first-order valence-corrected chi connectivity index (χ1v) is 6.49. The van der Waals surface area contributed by atoms with Crippen LogP contribution in [0.1, 0.15) is 26.7 Å². The number of amidine groups is 2. The van der Waals surface area contributed by atoms with Crippen molar-refractivity contribution in [2.45, 2.75) is 38.8 Å². The summed E-state index contributed by atoms with van der Waals surface area (Å²) < 4.78 is 0. The molecule has 0 unspecified atom stereocenters. The lowest BCUT2D eigenvalue weighted by atomic mass is 10.2. The van der Waals surface area contributed by atoms with Crippen LogP contribution in [0, 0.1) is 0 Å². The average Bonchev–Trinajstić information content (AvgIpc) is 2.39. The quantitative estimate of drug-likeness (QED) is 0.398. The highest BCUT2D eigenvalue weighted by Crippen LogP contribution is 1.89. The molecule has 0 spiro atoms. The summed E-state index contributed by atoms with van der Waals surface area (Å²) in [6, 6.07) is -1.03. The van der Waals surface area contributed by atoms with Gasteiger partial charge in [0.2, 0.25) is 11.7 Å². The van der Waals surface area contributed by atoms with E-state index in [0.717, 1.165) is 11.7 Å². The van der Waals surface area contributed by atoms with Crippen LogP contribution in [0.15, 0.2) is 0 Å². The molecule has 0 aromatic rings. The van der Waals surface area contributed by atoms with Gasteiger partial charge >= 0.3 is 0 Å². The van der Waals surface area contributed by atoms with Gasteiger partial charge in [-0.25, -0.2) is 0 Å². The molecule has 2 heterocycles. The van der Waals surface area contributed by atoms with Gasteiger partial charge < -0.3 is 19.8 Å². The van der Waals surface area contributed by atoms with Crippen molar-refractivity contribution >= 4 is 23.6 Å². The number of rotatable bonds is 2. The van der Waals surface area contributed by atoms with Crippen LogP contribution < -0.4 is 30.8 Å². The molecule has 2 rings (SSSR count). The Bertz CT molecular complexity index is 393. The molecule has 0 amide bonds. The predicted octanol–water partition coefficient (Wildman–Crippen LogP) is -6.81. The van der Waals surface area contributed by atoms with Gasteiger partial charge in [0.15, 0.2) is 0 Å². The molecule has 0 bridgehead atoms. The first kappa shape index (κ1) is 15.9. The highest BCUT2D eigenvalue weighted by molar-refractivity contribution is 5.82. The second-order valence-electron chi connectivity index (χ2n) is 4.71. The summed E-state index contributed by atoms with van der Waals surface area (Å²) in [6.07, 6.45) is 1.17. The second kappa shape index (κ2) is 7.46. The summed E-state index contributed by atoms with van der Waals surface area (Å²) >= 11 is 0. The van der Waals surface area contributed by atoms with E-state index in [4.69, 9.17) is 0 Å². The number of carbonyl (C=O) groups is 2. The zero-order valence-electron chi connectivity index (χ0n) is 11.6. The number of carboxylic acid groups (broad SMARTS) is 2. The number of hydrogen-bond acceptors (Lipinski definition) is 6. The van der Waals surface area contributed by atoms with E-state index in [9.17, 15) is 19.8 Å². The molecule has 0 aliphatic carbocycles. The predicted molar refractivity (Wildman–Crippen MR) is 66.1 cm³/mol. The number of aliphatic carboxylic acids is 2. The SMILES string of the molecule is CC1=[NH+]CC[C@@H](C(=O)[O-])N1.CC1=[NH+]CC[C@@H](C(=O)[O-])N1. The molecule has 20 heavy (non-hydrogen) atoms. The smallest absolute Gasteiger partial charge is 0.239 e. The first-order valence-electron chi connectivity index (χ1n) is 6.49. The largest absolute Gasteiger partial charge is 0.546 e. The van der Waals surface area contributed by atoms with Crippen molar-refractivity contribution in [2.24, 2.45) is 0 Å². The van der Waals surface area contributed by atoms with Gasteiger partial charge in [0.1, 0.15) is 12.1 Å². The molecule has 0 saturated carbocycles. The fourth-order valence-corrected chi connectivity index (χ4v) is 1.93. The number of carbonyl (C=O) groups excluding carboxylic acids is 2. The van der Waals surface area contributed by atoms with Crippen LogP contribution in [-0.4, -0.2) is 48.8 Å². The number of hydrogen-bond donors (Lipinski definition) is 4. The topological polar surface area (TPSA) is 132 Å². The molecule has 2 aliphatic rings. The van der Waals surface area contributed by atoms with Crippen LogP contribution >= 0.6 is 0 Å². The van der Waals surface area contributed by atoms with Gasteiger partial charge in [-0.3, -0.25) is 20.6 Å². The maximum atomic E-state index is 10.3. The second-order valence-corrected chi connectivity index (χ2v) is 4.71. The van der Waals surface area contributed by atoms with Crippen molar-refractivity contribution in [3.63, 3.8) is 0 Å². The van der Waals surface area contributed by atoms with Gasteiger partial charge in [-0.15, -0.1) is 0 Å². The van der Waals surface area contributed by atoms with Crippen LogP contribution in [0.5, 0.6) is 0 Å². The van der Waals surface area contributed by atoms with Crippen LogP contribution in [0.25, 0.3) is 0 Å². The molecule has 0 fully saturated rings. The van der Waals surface area contributed by atoms with Crippen molar-refractivity contribution in [3.8, 4) is 0 Å². The van der Waals surface area contributed by atoms with E-state index in [1.807, 2.05) is 0 Å². The van der Waals surface area contributed by atoms with Gasteiger partial charge in [0.25, 0.3) is 0 Å². The lowest BCUT2D eigenvalue weighted by Crippen LogP contribution is -2.80. The Morgan fingerprint density at radius 3 is 1.50 bits per heavy atom. The molecule has 0 aromatic heterocycles. The summed E-state index contributed by atoms with van der Waals surface area (Å²) in [6.45, 7) is 5.01. The molecule has 8 heteroatoms. The Morgan fingerprint density at radius 1 is 0.950 bits per heavy atom. The van der Waals surface area contributed by atoms with E-state index in [0.29, 0.717) is 25.9 Å². The maximum Gasteiger partial charge on any atom is 0.239 e. The summed E-state index contributed by atoms with van der Waals surface area (Å²) in [7, 11) is 0. The van der Waals surface area contributed by atoms with E-state index >= 15 is 0 Å². The lowest BCUT2D eigenvalue weighted by Gasteiger charge is -2.17. The van der Waals surface area contributed by atoms with E-state index in [-0.39, 0.29) is 0 Å². The Balaban J connectivity index is 0.000000200. The van der Waals surface area contributed by atoms with Crippen LogP contribution in [0.4, 0.5) is 0 Å². The third kappa shape index (κ3) is 5.25. The molecule has 8 nitrogen and oxygen atoms in total. The van der Waals surface area contributed by atoms with Crippen molar-refractivity contribution in [1.82, 2.24) is 10.6 Å². The summed E-state index contributed by atoms with van der Waals surface area (Å²) in [5.41, 5.74) is 0. The first-order chi connectivity index (χ1) is 9.40. The fourth-order valence-electron chi connectivity index (χ4n) is 1.93. The van der Waals surface area contributed by atoms with Gasteiger partial charge in [0.05, 0.1) is 25.0 Å². The van der Waals surface area contributed by atoms with Crippen molar-refractivity contribution in [2.75, 3.05) is 13.1 Å². The van der Waals surface area contributed by atoms with Gasteiger partial charge in [-0.2, -0.15) is 0 Å². The minimum absolute atomic E-state index is 0.513. The fraction of sp³-hybridized carbons (Fsp3) is 0.667. The van der Waals surface area contributed by atoms with Crippen molar-refractivity contribution in [3.05, 3.63) is 0 Å². The standard InChI is InChI=1S/2C6H10N2O2/c2*1-4-7-3-2-5(8-4)6(9)10/h2*5H,2-3H2,1H3,(H,7,8)(H,9,10)/t2*5-/m00/s1. The van der Waals surface area contributed by atoms with Gasteiger partial charge in [-0.1, -0.05) is 0 Å². The number of nitrogens with one attached hydrogen (secondary N) is 4. The lowest BCUT2D eigenvalue weighted by molar-refractivity contribution is -0.467. The van der Waals surface area contributed by atoms with E-state index in [2.05, 4.69) is 20.6 Å². The van der Waals surface area contributed by atoms with Gasteiger partial charge in [-0.05, 0) is 0 Å². The molecular formula is C12H20N4O4. The highest BCUT2D eigenvalue weighted by atomic mass is 16.4. The molecule has 2 atom stereocenters. The molecule has 0 aromatic carbocycles. The summed E-state index contributed by atoms with van der Waals surface area (Å²) in [5, 5.41) is 26.1. The normalized spacial score (nSPS) is 24.9. The van der Waals surface area contributed by atoms with Crippen molar-refractivity contribution < 1.29 is 29.8 Å². The number of carboxylic acids is 2. The molecular weight excluding hydrogens is 264 g/mol. The summed E-state index contributed by atoms with van der Waals surface area (Å²) in [5.74, 6) is -0.442. The minimum Gasteiger partial charge on any atom is -0.546 e. The van der Waals surface area contributed by atoms with E-state index in [1.54, 1.807) is 13.8 Å². The summed E-state index contributed by atoms with van der Waals surface area (Å²) in [4.78, 5) is 26.5. The zero-order chi connectivity index (χ0) is 15.1. The average molecular weight is 284 g/mol. The molecule has 0 radical (unpaired) electrons. The zero-order valence-corrected chi connectivity index (χ0v) is 11.6. The van der Waals surface area contributed by atoms with Crippen LogP contribution in [0.3, 0.4) is 0 Å². The van der Waals surface area contributed by atoms with Crippen LogP contribution in [-0.2, 0) is 9.59 Å². The van der Waals surface area contributed by atoms with E-state index in [1.165, 1.54) is 0 Å². The van der Waals surface area contributed by atoms with Crippen molar-refractivity contribution in [1.29, 1.82) is 0 Å². The Hall–Kier alpha value is -2.12. The Kier molecular flexibility index (Phi) is 5.95. The van der Waals surface area contributed by atoms with E-state index < -0.39 is 24.0 Å². The molecule has 112 valence electrons.